The maximum atomic E-state index is 12.1. The minimum atomic E-state index is -0.711. The normalized spacial score (nSPS) is 14.8. The second-order valence-electron chi connectivity index (χ2n) is 4.36. The van der Waals surface area contributed by atoms with Gasteiger partial charge in [-0.2, -0.15) is 5.10 Å². The number of hydrazone groups is 1. The monoisotopic (exact) mass is 260 g/mol. The summed E-state index contributed by atoms with van der Waals surface area (Å²) < 4.78 is 0. The highest BCUT2D eigenvalue weighted by Gasteiger charge is 2.18. The zero-order valence-electron chi connectivity index (χ0n) is 10.5. The molecule has 6 heteroatoms. The summed E-state index contributed by atoms with van der Waals surface area (Å²) in [6.07, 6.45) is 3.62. The van der Waals surface area contributed by atoms with Gasteiger partial charge in [0.1, 0.15) is 0 Å². The van der Waals surface area contributed by atoms with Crippen LogP contribution >= 0.6 is 0 Å². The highest BCUT2D eigenvalue weighted by Crippen LogP contribution is 2.13. The Bertz CT molecular complexity index is 490. The molecular weight excluding hydrogens is 244 g/mol. The fraction of sp³-hybridized carbons (Fsp3) is 0.308. The molecule has 1 heterocycles. The Morgan fingerprint density at radius 1 is 1.21 bits per heavy atom. The topological polar surface area (TPSA) is 87.8 Å². The number of rotatable bonds is 3. The molecule has 100 valence electrons. The summed E-state index contributed by atoms with van der Waals surface area (Å²) >= 11 is 0. The van der Waals surface area contributed by atoms with Crippen LogP contribution < -0.4 is 11.2 Å². The summed E-state index contributed by atoms with van der Waals surface area (Å²) in [4.78, 5) is 24.4. The average molecular weight is 260 g/mol. The van der Waals surface area contributed by atoms with Crippen molar-refractivity contribution in [3.63, 3.8) is 0 Å². The molecule has 1 aromatic rings. The van der Waals surface area contributed by atoms with Crippen molar-refractivity contribution in [1.82, 2.24) is 10.3 Å². The van der Waals surface area contributed by atoms with E-state index in [0.29, 0.717) is 5.56 Å². The van der Waals surface area contributed by atoms with Crippen molar-refractivity contribution < 1.29 is 9.59 Å². The van der Waals surface area contributed by atoms with E-state index >= 15 is 0 Å². The number of hydrogen-bond acceptors (Lipinski definition) is 3. The van der Waals surface area contributed by atoms with Gasteiger partial charge in [0.25, 0.3) is 5.91 Å². The highest BCUT2D eigenvalue weighted by atomic mass is 16.2. The number of nitrogens with two attached hydrogens (primary N) is 1. The number of carbonyl (C=O) groups excluding carboxylic acids is 2. The first-order chi connectivity index (χ1) is 9.16. The smallest absolute Gasteiger partial charge is 0.332 e. The third-order valence-electron chi connectivity index (χ3n) is 2.94. The number of amides is 3. The van der Waals surface area contributed by atoms with Gasteiger partial charge in [0, 0.05) is 18.7 Å². The van der Waals surface area contributed by atoms with E-state index in [1.165, 1.54) is 6.21 Å². The summed E-state index contributed by atoms with van der Waals surface area (Å²) in [6, 6.07) is 6.35. The number of nitrogens with zero attached hydrogens (tertiary/aromatic N) is 2. The molecule has 0 atom stereocenters. The molecule has 1 aromatic carbocycles. The van der Waals surface area contributed by atoms with Crippen LogP contribution in [0.15, 0.2) is 29.4 Å². The summed E-state index contributed by atoms with van der Waals surface area (Å²) in [5, 5.41) is 3.65. The lowest BCUT2D eigenvalue weighted by Gasteiger charge is -2.14. The lowest BCUT2D eigenvalue weighted by molar-refractivity contribution is 0.0793. The summed E-state index contributed by atoms with van der Waals surface area (Å²) in [5.74, 6) is 0.0660. The second kappa shape index (κ2) is 5.99. The number of urea groups is 1. The van der Waals surface area contributed by atoms with Crippen molar-refractivity contribution in [2.24, 2.45) is 10.8 Å². The Labute approximate surface area is 111 Å². The molecule has 6 nitrogen and oxygen atoms in total. The highest BCUT2D eigenvalue weighted by molar-refractivity contribution is 5.95. The maximum absolute atomic E-state index is 12.1. The van der Waals surface area contributed by atoms with Crippen molar-refractivity contribution in [1.29, 1.82) is 0 Å². The van der Waals surface area contributed by atoms with E-state index < -0.39 is 6.03 Å². The first-order valence-electron chi connectivity index (χ1n) is 6.14. The number of nitrogens with one attached hydrogen (secondary N) is 1. The van der Waals surface area contributed by atoms with Gasteiger partial charge in [0.05, 0.1) is 6.21 Å². The molecule has 19 heavy (non-hydrogen) atoms. The minimum absolute atomic E-state index is 0.0660. The number of likely N-dealkylation sites (tertiary alicyclic amines) is 1. The van der Waals surface area contributed by atoms with Crippen molar-refractivity contribution in [3.05, 3.63) is 35.4 Å². The molecule has 0 saturated carbocycles. The number of primary amides is 1. The van der Waals surface area contributed by atoms with Crippen molar-refractivity contribution in [2.45, 2.75) is 12.8 Å². The Kier molecular flexibility index (Phi) is 4.12. The van der Waals surface area contributed by atoms with Crippen molar-refractivity contribution in [2.75, 3.05) is 13.1 Å². The van der Waals surface area contributed by atoms with Crippen LogP contribution in [0.4, 0.5) is 4.79 Å². The Morgan fingerprint density at radius 2 is 1.84 bits per heavy atom. The maximum Gasteiger partial charge on any atom is 0.332 e. The molecule has 3 amide bonds. The molecular formula is C13H16N4O2. The molecule has 2 rings (SSSR count). The van der Waals surface area contributed by atoms with Gasteiger partial charge in [-0.3, -0.25) is 4.79 Å². The van der Waals surface area contributed by atoms with E-state index in [4.69, 9.17) is 5.73 Å². The van der Waals surface area contributed by atoms with Crippen LogP contribution in [0.2, 0.25) is 0 Å². The second-order valence-corrected chi connectivity index (χ2v) is 4.36. The van der Waals surface area contributed by atoms with Crippen LogP contribution in [-0.2, 0) is 0 Å². The van der Waals surface area contributed by atoms with Gasteiger partial charge in [-0.05, 0) is 30.5 Å². The lowest BCUT2D eigenvalue weighted by atomic mass is 10.1. The SMILES string of the molecule is NC(=O)NN=Cc1ccc(C(=O)N2CCCC2)cc1. The average Bonchev–Trinajstić information content (AvgIpc) is 2.92. The molecule has 0 aliphatic carbocycles. The molecule has 0 unspecified atom stereocenters. The Hall–Kier alpha value is -2.37. The van der Waals surface area contributed by atoms with Crippen molar-refractivity contribution in [3.8, 4) is 0 Å². The predicted molar refractivity (Wildman–Crippen MR) is 71.9 cm³/mol. The van der Waals surface area contributed by atoms with Gasteiger partial charge in [0.2, 0.25) is 0 Å². The summed E-state index contributed by atoms with van der Waals surface area (Å²) in [6.45, 7) is 1.68. The summed E-state index contributed by atoms with van der Waals surface area (Å²) in [7, 11) is 0. The van der Waals surface area contributed by atoms with E-state index in [1.807, 2.05) is 4.90 Å². The van der Waals surface area contributed by atoms with E-state index in [-0.39, 0.29) is 5.91 Å². The molecule has 0 aromatic heterocycles. The van der Waals surface area contributed by atoms with Gasteiger partial charge in [-0.25, -0.2) is 10.2 Å². The number of carbonyl (C=O) groups is 2. The Balaban J connectivity index is 1.99. The van der Waals surface area contributed by atoms with Crippen LogP contribution in [0.3, 0.4) is 0 Å². The van der Waals surface area contributed by atoms with Gasteiger partial charge in [-0.1, -0.05) is 12.1 Å². The molecule has 1 fully saturated rings. The Morgan fingerprint density at radius 3 is 2.42 bits per heavy atom. The predicted octanol–water partition coefficient (Wildman–Crippen LogP) is 0.925. The van der Waals surface area contributed by atoms with Gasteiger partial charge in [0.15, 0.2) is 0 Å². The fourth-order valence-electron chi connectivity index (χ4n) is 1.98. The van der Waals surface area contributed by atoms with Crippen molar-refractivity contribution >= 4 is 18.2 Å². The quantitative estimate of drug-likeness (QED) is 0.625. The molecule has 0 bridgehead atoms. The van der Waals surface area contributed by atoms with Crippen LogP contribution in [0.5, 0.6) is 0 Å². The van der Waals surface area contributed by atoms with E-state index in [9.17, 15) is 9.59 Å². The summed E-state index contributed by atoms with van der Waals surface area (Å²) in [5.41, 5.74) is 8.44. The zero-order valence-corrected chi connectivity index (χ0v) is 10.5. The van der Waals surface area contributed by atoms with E-state index in [2.05, 4.69) is 10.5 Å². The fourth-order valence-corrected chi connectivity index (χ4v) is 1.98. The van der Waals surface area contributed by atoms with E-state index in [1.54, 1.807) is 24.3 Å². The van der Waals surface area contributed by atoms with E-state index in [0.717, 1.165) is 31.5 Å². The number of benzene rings is 1. The molecule has 1 saturated heterocycles. The third kappa shape index (κ3) is 3.54. The van der Waals surface area contributed by atoms with Gasteiger partial charge in [-0.15, -0.1) is 0 Å². The molecule has 0 radical (unpaired) electrons. The first kappa shape index (κ1) is 13.1. The van der Waals surface area contributed by atoms with Crippen LogP contribution in [0, 0.1) is 0 Å². The van der Waals surface area contributed by atoms with Gasteiger partial charge < -0.3 is 10.6 Å². The van der Waals surface area contributed by atoms with Crippen LogP contribution in [-0.4, -0.2) is 36.1 Å². The van der Waals surface area contributed by atoms with Gasteiger partial charge >= 0.3 is 6.03 Å². The third-order valence-corrected chi connectivity index (χ3v) is 2.94. The molecule has 3 N–H and O–H groups in total. The largest absolute Gasteiger partial charge is 0.350 e. The molecule has 0 spiro atoms. The molecule has 1 aliphatic heterocycles. The standard InChI is InChI=1S/C13H16N4O2/c14-13(19)16-15-9-10-3-5-11(6-4-10)12(18)17-7-1-2-8-17/h3-6,9H,1-2,7-8H2,(H3,14,16,19). The molecule has 1 aliphatic rings. The van der Waals surface area contributed by atoms with Crippen LogP contribution in [0.1, 0.15) is 28.8 Å². The van der Waals surface area contributed by atoms with Crippen LogP contribution in [0.25, 0.3) is 0 Å². The first-order valence-corrected chi connectivity index (χ1v) is 6.14. The lowest BCUT2D eigenvalue weighted by Crippen LogP contribution is -2.27. The minimum Gasteiger partial charge on any atom is -0.350 e. The number of hydrogen-bond donors (Lipinski definition) is 2. The zero-order chi connectivity index (χ0) is 13.7.